The Bertz CT molecular complexity index is 601. The molecule has 2 rings (SSSR count). The predicted molar refractivity (Wildman–Crippen MR) is 79.0 cm³/mol. The lowest BCUT2D eigenvalue weighted by molar-refractivity contribution is 0.178. The van der Waals surface area contributed by atoms with E-state index >= 15 is 0 Å². The second-order valence-electron chi connectivity index (χ2n) is 4.48. The highest BCUT2D eigenvalue weighted by atomic mass is 79.9. The fourth-order valence-corrected chi connectivity index (χ4v) is 2.33. The minimum Gasteiger partial charge on any atom is -0.388 e. The molecule has 0 saturated heterocycles. The molecule has 0 aliphatic carbocycles. The van der Waals surface area contributed by atoms with Crippen molar-refractivity contribution in [2.45, 2.75) is 19.4 Å². The Morgan fingerprint density at radius 2 is 2.00 bits per heavy atom. The van der Waals surface area contributed by atoms with Crippen LogP contribution in [-0.2, 0) is 6.42 Å². The molecule has 0 spiro atoms. The maximum absolute atomic E-state index is 13.1. The molecule has 0 radical (unpaired) electrons. The van der Waals surface area contributed by atoms with Crippen molar-refractivity contribution in [3.05, 3.63) is 68.4 Å². The normalized spacial score (nSPS) is 12.5. The van der Waals surface area contributed by atoms with Crippen LogP contribution in [0, 0.1) is 12.7 Å². The number of aliphatic hydroxyl groups is 1. The van der Waals surface area contributed by atoms with Crippen molar-refractivity contribution >= 4 is 27.5 Å². The summed E-state index contributed by atoms with van der Waals surface area (Å²) >= 11 is 9.15. The number of aliphatic hydroxyl groups excluding tert-OH is 1. The third kappa shape index (κ3) is 3.56. The lowest BCUT2D eigenvalue weighted by Gasteiger charge is -2.13. The average molecular weight is 344 g/mol. The fraction of sp³-hybridized carbons (Fsp3) is 0.200. The van der Waals surface area contributed by atoms with E-state index in [1.165, 1.54) is 6.07 Å². The van der Waals surface area contributed by atoms with Crippen molar-refractivity contribution in [2.75, 3.05) is 0 Å². The van der Waals surface area contributed by atoms with Crippen molar-refractivity contribution in [1.82, 2.24) is 0 Å². The van der Waals surface area contributed by atoms with Gasteiger partial charge in [-0.3, -0.25) is 0 Å². The van der Waals surface area contributed by atoms with Gasteiger partial charge in [-0.15, -0.1) is 0 Å². The molecule has 0 bridgehead atoms. The van der Waals surface area contributed by atoms with E-state index in [0.29, 0.717) is 6.42 Å². The molecule has 1 nitrogen and oxygen atoms in total. The number of halogens is 3. The molecule has 4 heteroatoms. The van der Waals surface area contributed by atoms with Crippen LogP contribution in [0.2, 0.25) is 5.02 Å². The molecule has 0 heterocycles. The van der Waals surface area contributed by atoms with Crippen LogP contribution < -0.4 is 0 Å². The standard InChI is InChI=1S/C15H13BrClFO/c1-9-6-11(3-4-12(9)16)15(19)8-10-2-5-14(18)13(17)7-10/h2-7,15,19H,8H2,1H3. The first-order valence-corrected chi connectivity index (χ1v) is 7.02. The Balaban J connectivity index is 2.17. The van der Waals surface area contributed by atoms with Gasteiger partial charge in [-0.05, 0) is 41.8 Å². The van der Waals surface area contributed by atoms with E-state index in [0.717, 1.165) is 21.2 Å². The van der Waals surface area contributed by atoms with Gasteiger partial charge < -0.3 is 5.11 Å². The molecule has 0 aliphatic rings. The van der Waals surface area contributed by atoms with Crippen LogP contribution in [-0.4, -0.2) is 5.11 Å². The van der Waals surface area contributed by atoms with E-state index in [9.17, 15) is 9.50 Å². The number of hydrogen-bond donors (Lipinski definition) is 1. The number of benzene rings is 2. The van der Waals surface area contributed by atoms with Crippen molar-refractivity contribution in [2.24, 2.45) is 0 Å². The Kier molecular flexibility index (Phi) is 4.61. The lowest BCUT2D eigenvalue weighted by atomic mass is 10.00. The number of aryl methyl sites for hydroxylation is 1. The molecular weight excluding hydrogens is 331 g/mol. The van der Waals surface area contributed by atoms with Gasteiger partial charge in [-0.1, -0.05) is 45.7 Å². The van der Waals surface area contributed by atoms with Crippen LogP contribution in [0.15, 0.2) is 40.9 Å². The summed E-state index contributed by atoms with van der Waals surface area (Å²) in [6.07, 6.45) is -0.227. The second-order valence-corrected chi connectivity index (χ2v) is 5.74. The van der Waals surface area contributed by atoms with Gasteiger partial charge in [0.15, 0.2) is 0 Å². The van der Waals surface area contributed by atoms with Gasteiger partial charge in [0.1, 0.15) is 5.82 Å². The fourth-order valence-electron chi connectivity index (χ4n) is 1.88. The van der Waals surface area contributed by atoms with Crippen molar-refractivity contribution in [3.8, 4) is 0 Å². The Morgan fingerprint density at radius 3 is 2.63 bits per heavy atom. The summed E-state index contributed by atoms with van der Waals surface area (Å²) in [4.78, 5) is 0. The van der Waals surface area contributed by atoms with Gasteiger partial charge in [0.05, 0.1) is 11.1 Å². The van der Waals surface area contributed by atoms with Gasteiger partial charge in [0, 0.05) is 10.9 Å². The molecule has 0 amide bonds. The third-order valence-electron chi connectivity index (χ3n) is 2.98. The molecule has 100 valence electrons. The van der Waals surface area contributed by atoms with Crippen LogP contribution in [0.3, 0.4) is 0 Å². The average Bonchev–Trinajstić information content (AvgIpc) is 2.37. The molecule has 2 aromatic carbocycles. The summed E-state index contributed by atoms with van der Waals surface area (Å²) in [5.41, 5.74) is 2.70. The highest BCUT2D eigenvalue weighted by Gasteiger charge is 2.11. The maximum Gasteiger partial charge on any atom is 0.141 e. The highest BCUT2D eigenvalue weighted by Crippen LogP contribution is 2.25. The van der Waals surface area contributed by atoms with Crippen molar-refractivity contribution < 1.29 is 9.50 Å². The van der Waals surface area contributed by atoms with Gasteiger partial charge in [-0.25, -0.2) is 4.39 Å². The van der Waals surface area contributed by atoms with Crippen molar-refractivity contribution in [3.63, 3.8) is 0 Å². The topological polar surface area (TPSA) is 20.2 Å². The van der Waals surface area contributed by atoms with E-state index in [-0.39, 0.29) is 5.02 Å². The minimum absolute atomic E-state index is 0.0803. The van der Waals surface area contributed by atoms with Crippen LogP contribution in [0.25, 0.3) is 0 Å². The molecule has 0 fully saturated rings. The Labute approximate surface area is 125 Å². The molecule has 19 heavy (non-hydrogen) atoms. The Hall–Kier alpha value is -0.900. The first-order valence-electron chi connectivity index (χ1n) is 5.85. The largest absolute Gasteiger partial charge is 0.388 e. The SMILES string of the molecule is Cc1cc(C(O)Cc2ccc(F)c(Cl)c2)ccc1Br. The molecule has 0 aliphatic heterocycles. The lowest BCUT2D eigenvalue weighted by Crippen LogP contribution is -2.02. The summed E-state index contributed by atoms with van der Waals surface area (Å²) < 4.78 is 14.1. The predicted octanol–water partition coefficient (Wildman–Crippen LogP) is 4.83. The van der Waals surface area contributed by atoms with Gasteiger partial charge in [0.2, 0.25) is 0 Å². The van der Waals surface area contributed by atoms with Crippen LogP contribution >= 0.6 is 27.5 Å². The van der Waals surface area contributed by atoms with E-state index in [1.807, 2.05) is 25.1 Å². The van der Waals surface area contributed by atoms with Crippen LogP contribution in [0.5, 0.6) is 0 Å². The number of hydrogen-bond acceptors (Lipinski definition) is 1. The molecule has 2 aromatic rings. The molecule has 1 unspecified atom stereocenters. The van der Waals surface area contributed by atoms with Gasteiger partial charge in [0.25, 0.3) is 0 Å². The van der Waals surface area contributed by atoms with Crippen molar-refractivity contribution in [1.29, 1.82) is 0 Å². The summed E-state index contributed by atoms with van der Waals surface area (Å²) in [6, 6.07) is 10.2. The molecule has 0 saturated carbocycles. The van der Waals surface area contributed by atoms with E-state index in [4.69, 9.17) is 11.6 Å². The van der Waals surface area contributed by atoms with Crippen LogP contribution in [0.1, 0.15) is 22.8 Å². The van der Waals surface area contributed by atoms with Gasteiger partial charge >= 0.3 is 0 Å². The smallest absolute Gasteiger partial charge is 0.141 e. The Morgan fingerprint density at radius 1 is 1.26 bits per heavy atom. The first kappa shape index (κ1) is 14.5. The number of rotatable bonds is 3. The molecular formula is C15H13BrClFO. The maximum atomic E-state index is 13.1. The summed E-state index contributed by atoms with van der Waals surface area (Å²) in [6.45, 7) is 1.97. The van der Waals surface area contributed by atoms with Crippen LogP contribution in [0.4, 0.5) is 4.39 Å². The highest BCUT2D eigenvalue weighted by molar-refractivity contribution is 9.10. The van der Waals surface area contributed by atoms with E-state index < -0.39 is 11.9 Å². The quantitative estimate of drug-likeness (QED) is 0.846. The molecule has 0 aromatic heterocycles. The zero-order valence-electron chi connectivity index (χ0n) is 10.3. The molecule has 1 N–H and O–H groups in total. The zero-order chi connectivity index (χ0) is 14.0. The van der Waals surface area contributed by atoms with E-state index in [1.54, 1.807) is 12.1 Å². The van der Waals surface area contributed by atoms with E-state index in [2.05, 4.69) is 15.9 Å². The zero-order valence-corrected chi connectivity index (χ0v) is 12.7. The third-order valence-corrected chi connectivity index (χ3v) is 4.16. The first-order chi connectivity index (χ1) is 8.97. The summed E-state index contributed by atoms with van der Waals surface area (Å²) in [5, 5.41) is 10.3. The minimum atomic E-state index is -0.631. The second kappa shape index (κ2) is 6.04. The van der Waals surface area contributed by atoms with Gasteiger partial charge in [-0.2, -0.15) is 0 Å². The molecule has 1 atom stereocenters. The summed E-state index contributed by atoms with van der Waals surface area (Å²) in [7, 11) is 0. The summed E-state index contributed by atoms with van der Waals surface area (Å²) in [5.74, 6) is -0.445. The monoisotopic (exact) mass is 342 g/mol.